The van der Waals surface area contributed by atoms with Gasteiger partial charge in [-0.25, -0.2) is 0 Å². The molecule has 0 amide bonds. The highest BCUT2D eigenvalue weighted by Gasteiger charge is 2.31. The zero-order valence-corrected chi connectivity index (χ0v) is 13.0. The van der Waals surface area contributed by atoms with Gasteiger partial charge in [0.25, 0.3) is 0 Å². The maximum absolute atomic E-state index is 11.5. The lowest BCUT2D eigenvalue weighted by atomic mass is 9.92. The van der Waals surface area contributed by atoms with Crippen LogP contribution in [0.2, 0.25) is 0 Å². The van der Waals surface area contributed by atoms with Gasteiger partial charge in [-0.15, -0.1) is 0 Å². The number of rotatable bonds is 5. The first-order valence-electron chi connectivity index (χ1n) is 6.15. The molecule has 1 unspecified atom stereocenters. The molecule has 114 valence electrons. The van der Waals surface area contributed by atoms with Crippen molar-refractivity contribution in [3.8, 4) is 17.2 Å². The van der Waals surface area contributed by atoms with Crippen molar-refractivity contribution in [2.75, 3.05) is 14.2 Å². The van der Waals surface area contributed by atoms with E-state index in [0.29, 0.717) is 11.1 Å². The molecule has 20 heavy (non-hydrogen) atoms. The van der Waals surface area contributed by atoms with Crippen LogP contribution in [0.4, 0.5) is 0 Å². The van der Waals surface area contributed by atoms with E-state index in [0.717, 1.165) is 6.42 Å². The molecule has 2 N–H and O–H groups in total. The maximum Gasteiger partial charge on any atom is 0.302 e. The third-order valence-electron chi connectivity index (χ3n) is 3.40. The molecule has 0 saturated carbocycles. The van der Waals surface area contributed by atoms with Crippen molar-refractivity contribution < 1.29 is 27.6 Å². The second-order valence-corrected chi connectivity index (χ2v) is 5.93. The van der Waals surface area contributed by atoms with Crippen molar-refractivity contribution in [1.29, 1.82) is 0 Å². The van der Waals surface area contributed by atoms with E-state index < -0.39 is 20.8 Å². The summed E-state index contributed by atoms with van der Waals surface area (Å²) < 4.78 is 42.6. The topological polar surface area (TPSA) is 93.1 Å². The highest BCUT2D eigenvalue weighted by atomic mass is 32.2. The number of hydrogen-bond acceptors (Lipinski definition) is 5. The van der Waals surface area contributed by atoms with Crippen molar-refractivity contribution in [3.05, 3.63) is 11.1 Å². The van der Waals surface area contributed by atoms with E-state index >= 15 is 0 Å². The average molecular weight is 304 g/mol. The molecule has 0 radical (unpaired) electrons. The molecule has 0 aliphatic carbocycles. The zero-order valence-electron chi connectivity index (χ0n) is 12.2. The minimum Gasteiger partial charge on any atom is -0.503 e. The van der Waals surface area contributed by atoms with E-state index in [1.54, 1.807) is 6.92 Å². The second kappa shape index (κ2) is 5.88. The molecule has 0 bridgehead atoms. The number of hydrogen-bond donors (Lipinski definition) is 2. The van der Waals surface area contributed by atoms with E-state index in [-0.39, 0.29) is 17.4 Å². The Kier molecular flexibility index (Phi) is 4.88. The number of aromatic hydroxyl groups is 1. The van der Waals surface area contributed by atoms with Gasteiger partial charge in [-0.05, 0) is 19.3 Å². The van der Waals surface area contributed by atoms with Gasteiger partial charge in [0.05, 0.1) is 14.2 Å². The van der Waals surface area contributed by atoms with Gasteiger partial charge in [-0.2, -0.15) is 8.42 Å². The van der Waals surface area contributed by atoms with E-state index in [9.17, 15) is 18.1 Å². The normalized spacial score (nSPS) is 13.1. The lowest BCUT2D eigenvalue weighted by Crippen LogP contribution is -2.09. The van der Waals surface area contributed by atoms with Gasteiger partial charge in [0.15, 0.2) is 16.4 Å². The van der Waals surface area contributed by atoms with Crippen LogP contribution in [0.25, 0.3) is 0 Å². The summed E-state index contributed by atoms with van der Waals surface area (Å²) in [5.74, 6) is -0.692. The Labute approximate surface area is 119 Å². The van der Waals surface area contributed by atoms with Crippen LogP contribution in [0.3, 0.4) is 0 Å². The predicted octanol–water partition coefficient (Wildman–Crippen LogP) is 2.48. The molecule has 0 heterocycles. The van der Waals surface area contributed by atoms with E-state index in [1.165, 1.54) is 14.2 Å². The van der Waals surface area contributed by atoms with Crippen molar-refractivity contribution in [1.82, 2.24) is 0 Å². The van der Waals surface area contributed by atoms with Crippen LogP contribution in [0.15, 0.2) is 4.90 Å². The Morgan fingerprint density at radius 3 is 2.05 bits per heavy atom. The van der Waals surface area contributed by atoms with E-state index in [2.05, 4.69) is 0 Å². The monoisotopic (exact) mass is 304 g/mol. The van der Waals surface area contributed by atoms with Gasteiger partial charge in [-0.1, -0.05) is 13.8 Å². The Bertz CT molecular complexity index is 606. The summed E-state index contributed by atoms with van der Waals surface area (Å²) in [5.41, 5.74) is 1.18. The van der Waals surface area contributed by atoms with Gasteiger partial charge in [0.1, 0.15) is 5.75 Å². The summed E-state index contributed by atoms with van der Waals surface area (Å²) in [6.07, 6.45) is 0.732. The Morgan fingerprint density at radius 2 is 1.70 bits per heavy atom. The number of methoxy groups -OCH3 is 2. The highest BCUT2D eigenvalue weighted by Crippen LogP contribution is 2.48. The van der Waals surface area contributed by atoms with Gasteiger partial charge >= 0.3 is 10.1 Å². The van der Waals surface area contributed by atoms with Gasteiger partial charge in [0.2, 0.25) is 0 Å². The Morgan fingerprint density at radius 1 is 1.20 bits per heavy atom. The van der Waals surface area contributed by atoms with Crippen LogP contribution in [-0.2, 0) is 10.1 Å². The fourth-order valence-corrected chi connectivity index (χ4v) is 3.06. The largest absolute Gasteiger partial charge is 0.503 e. The summed E-state index contributed by atoms with van der Waals surface area (Å²) >= 11 is 0. The van der Waals surface area contributed by atoms with Crippen LogP contribution in [0.1, 0.15) is 37.3 Å². The molecule has 6 nitrogen and oxygen atoms in total. The maximum atomic E-state index is 11.5. The molecule has 1 aromatic rings. The number of ether oxygens (including phenoxy) is 2. The SMILES string of the molecule is CCC(C)c1c(C)c(OC)c(O)c(S(=O)(=O)O)c1OC. The molecular formula is C13H20O6S. The summed E-state index contributed by atoms with van der Waals surface area (Å²) in [5, 5.41) is 10.1. The highest BCUT2D eigenvalue weighted by molar-refractivity contribution is 7.86. The molecule has 0 saturated heterocycles. The standard InChI is InChI=1S/C13H20O6S/c1-6-7(2)9-8(3)11(18-4)10(14)13(12(9)19-5)20(15,16)17/h7,14H,6H2,1-5H3,(H,15,16,17). The summed E-state index contributed by atoms with van der Waals surface area (Å²) in [7, 11) is -2.03. The summed E-state index contributed by atoms with van der Waals surface area (Å²) in [4.78, 5) is -0.655. The van der Waals surface area contributed by atoms with Gasteiger partial charge in [-0.3, -0.25) is 4.55 Å². The average Bonchev–Trinajstić information content (AvgIpc) is 2.35. The second-order valence-electron chi connectivity index (χ2n) is 4.57. The quantitative estimate of drug-likeness (QED) is 0.812. The zero-order chi connectivity index (χ0) is 15.7. The molecule has 1 aromatic carbocycles. The van der Waals surface area contributed by atoms with Crippen molar-refractivity contribution in [2.24, 2.45) is 0 Å². The van der Waals surface area contributed by atoms with Crippen molar-refractivity contribution in [2.45, 2.75) is 38.0 Å². The van der Waals surface area contributed by atoms with Gasteiger partial charge in [0, 0.05) is 11.1 Å². The first kappa shape index (κ1) is 16.6. The first-order chi connectivity index (χ1) is 9.20. The van der Waals surface area contributed by atoms with Crippen LogP contribution in [0.5, 0.6) is 17.2 Å². The number of phenols is 1. The number of benzene rings is 1. The minimum absolute atomic E-state index is 0.0220. The van der Waals surface area contributed by atoms with E-state index in [1.807, 2.05) is 13.8 Å². The molecule has 1 atom stereocenters. The summed E-state index contributed by atoms with van der Waals surface area (Å²) in [6.45, 7) is 5.54. The molecule has 1 rings (SSSR count). The van der Waals surface area contributed by atoms with Crippen LogP contribution < -0.4 is 9.47 Å². The van der Waals surface area contributed by atoms with Crippen molar-refractivity contribution in [3.63, 3.8) is 0 Å². The van der Waals surface area contributed by atoms with Crippen LogP contribution >= 0.6 is 0 Å². The van der Waals surface area contributed by atoms with Crippen molar-refractivity contribution >= 4 is 10.1 Å². The third-order valence-corrected chi connectivity index (χ3v) is 4.29. The van der Waals surface area contributed by atoms with Crippen LogP contribution in [-0.4, -0.2) is 32.3 Å². The fraction of sp³-hybridized carbons (Fsp3) is 0.538. The van der Waals surface area contributed by atoms with Crippen LogP contribution in [0, 0.1) is 6.92 Å². The lowest BCUT2D eigenvalue weighted by Gasteiger charge is -2.22. The number of phenolic OH excluding ortho intramolecular Hbond substituents is 1. The fourth-order valence-electron chi connectivity index (χ4n) is 2.29. The summed E-state index contributed by atoms with van der Waals surface area (Å²) in [6, 6.07) is 0. The lowest BCUT2D eigenvalue weighted by molar-refractivity contribution is 0.341. The molecule has 0 aliphatic rings. The van der Waals surface area contributed by atoms with Gasteiger partial charge < -0.3 is 14.6 Å². The predicted molar refractivity (Wildman–Crippen MR) is 74.5 cm³/mol. The smallest absolute Gasteiger partial charge is 0.302 e. The van der Waals surface area contributed by atoms with E-state index in [4.69, 9.17) is 9.47 Å². The molecule has 0 aromatic heterocycles. The Balaban J connectivity index is 3.95. The molecular weight excluding hydrogens is 284 g/mol. The molecule has 0 aliphatic heterocycles. The molecule has 7 heteroatoms. The Hall–Kier alpha value is -1.47. The molecule has 0 spiro atoms. The first-order valence-corrected chi connectivity index (χ1v) is 7.59. The third kappa shape index (κ3) is 2.69. The minimum atomic E-state index is -4.64. The molecule has 0 fully saturated rings.